The summed E-state index contributed by atoms with van der Waals surface area (Å²) in [5, 5.41) is 2.98. The van der Waals surface area contributed by atoms with Gasteiger partial charge in [0.1, 0.15) is 10.7 Å². The molecule has 5 rings (SSSR count). The minimum atomic E-state index is -3.74. The molecule has 1 amide bonds. The third-order valence-electron chi connectivity index (χ3n) is 6.38. The highest BCUT2D eigenvalue weighted by atomic mass is 35.5. The first-order valence-corrected chi connectivity index (χ1v) is 12.8. The van der Waals surface area contributed by atoms with Crippen LogP contribution in [-0.4, -0.2) is 41.7 Å². The van der Waals surface area contributed by atoms with Gasteiger partial charge in [0.2, 0.25) is 10.0 Å². The number of sulfonamides is 1. The lowest BCUT2D eigenvalue weighted by molar-refractivity contribution is 0.102. The van der Waals surface area contributed by atoms with Crippen LogP contribution in [0.25, 0.3) is 11.0 Å². The Morgan fingerprint density at radius 3 is 2.56 bits per heavy atom. The second-order valence-electron chi connectivity index (χ2n) is 8.55. The third-order valence-corrected chi connectivity index (χ3v) is 8.76. The maximum Gasteiger partial charge on any atom is 0.255 e. The molecule has 1 aromatic heterocycles. The lowest BCUT2D eigenvalue weighted by Gasteiger charge is -2.26. The number of nitrogens with one attached hydrogen (secondary N) is 2. The van der Waals surface area contributed by atoms with E-state index in [0.717, 1.165) is 49.0 Å². The van der Waals surface area contributed by atoms with Crippen molar-refractivity contribution in [2.75, 3.05) is 18.4 Å². The van der Waals surface area contributed by atoms with E-state index in [4.69, 9.17) is 11.6 Å². The normalized spacial score (nSPS) is 17.9. The molecule has 1 saturated heterocycles. The average Bonchev–Trinajstić information content (AvgIpc) is 3.15. The quantitative estimate of drug-likeness (QED) is 0.551. The molecule has 2 fully saturated rings. The van der Waals surface area contributed by atoms with Gasteiger partial charge in [-0.05, 0) is 62.1 Å². The standard InChI is InChI=1S/C23H25ClN4O3S/c24-18-9-7-16(13-21(18)32(30,31)28-11-2-1-3-12-28)23(29)25-17-8-10-19-20(14-17)27-22(26-19)15-5-4-6-15/h7-10,13-15H,1-6,11-12H2,(H,25,29)(H,26,27). The number of H-pyrrole nitrogens is 1. The number of hydrogen-bond donors (Lipinski definition) is 2. The highest BCUT2D eigenvalue weighted by Gasteiger charge is 2.29. The number of aromatic nitrogens is 2. The largest absolute Gasteiger partial charge is 0.342 e. The Bertz CT molecular complexity index is 1280. The molecule has 168 valence electrons. The van der Waals surface area contributed by atoms with Crippen LogP contribution in [0.2, 0.25) is 5.02 Å². The first kappa shape index (κ1) is 21.4. The van der Waals surface area contributed by atoms with Crippen molar-refractivity contribution < 1.29 is 13.2 Å². The number of benzene rings is 2. The van der Waals surface area contributed by atoms with Crippen LogP contribution >= 0.6 is 11.6 Å². The summed E-state index contributed by atoms with van der Waals surface area (Å²) in [5.74, 6) is 1.10. The number of carbonyl (C=O) groups is 1. The Balaban J connectivity index is 1.38. The number of rotatable bonds is 5. The highest BCUT2D eigenvalue weighted by Crippen LogP contribution is 2.35. The summed E-state index contributed by atoms with van der Waals surface area (Å²) in [7, 11) is -3.74. The van der Waals surface area contributed by atoms with E-state index in [0.29, 0.717) is 24.7 Å². The predicted molar refractivity (Wildman–Crippen MR) is 125 cm³/mol. The monoisotopic (exact) mass is 472 g/mol. The molecular formula is C23H25ClN4O3S. The molecule has 0 spiro atoms. The summed E-state index contributed by atoms with van der Waals surface area (Å²) in [4.78, 5) is 20.9. The molecule has 0 unspecified atom stereocenters. The van der Waals surface area contributed by atoms with Gasteiger partial charge in [-0.3, -0.25) is 4.79 Å². The second kappa shape index (κ2) is 8.50. The molecule has 3 aromatic rings. The number of nitrogens with zero attached hydrogens (tertiary/aromatic N) is 2. The van der Waals surface area contributed by atoms with Gasteiger partial charge in [-0.2, -0.15) is 4.31 Å². The van der Waals surface area contributed by atoms with E-state index in [1.165, 1.54) is 28.9 Å². The molecule has 7 nitrogen and oxygen atoms in total. The number of halogens is 1. The van der Waals surface area contributed by atoms with E-state index < -0.39 is 15.9 Å². The molecule has 2 aromatic carbocycles. The molecule has 9 heteroatoms. The number of anilines is 1. The van der Waals surface area contributed by atoms with E-state index in [9.17, 15) is 13.2 Å². The van der Waals surface area contributed by atoms with E-state index >= 15 is 0 Å². The molecule has 0 radical (unpaired) electrons. The van der Waals surface area contributed by atoms with Crippen LogP contribution in [0.1, 0.15) is 60.6 Å². The van der Waals surface area contributed by atoms with Crippen molar-refractivity contribution in [1.29, 1.82) is 0 Å². The molecule has 2 heterocycles. The number of fused-ring (bicyclic) bond motifs is 1. The summed E-state index contributed by atoms with van der Waals surface area (Å²) in [6.45, 7) is 0.949. The maximum absolute atomic E-state index is 13.1. The number of carbonyl (C=O) groups excluding carboxylic acids is 1. The Labute approximate surface area is 192 Å². The zero-order valence-electron chi connectivity index (χ0n) is 17.6. The first-order valence-electron chi connectivity index (χ1n) is 11.0. The molecule has 0 atom stereocenters. The summed E-state index contributed by atoms with van der Waals surface area (Å²) < 4.78 is 27.6. The number of hydrogen-bond acceptors (Lipinski definition) is 4. The van der Waals surface area contributed by atoms with Crippen LogP contribution < -0.4 is 5.32 Å². The molecule has 1 aliphatic carbocycles. The average molecular weight is 473 g/mol. The molecule has 32 heavy (non-hydrogen) atoms. The number of amides is 1. The van der Waals surface area contributed by atoms with E-state index in [1.54, 1.807) is 6.07 Å². The third kappa shape index (κ3) is 4.02. The van der Waals surface area contributed by atoms with Crippen molar-refractivity contribution in [1.82, 2.24) is 14.3 Å². The van der Waals surface area contributed by atoms with Gasteiger partial charge in [0, 0.05) is 30.3 Å². The highest BCUT2D eigenvalue weighted by molar-refractivity contribution is 7.89. The Kier molecular flexibility index (Phi) is 5.69. The number of imidazole rings is 1. The SMILES string of the molecule is O=C(Nc1ccc2nc(C3CCC3)[nH]c2c1)c1ccc(Cl)c(S(=O)(=O)N2CCCCC2)c1. The summed E-state index contributed by atoms with van der Waals surface area (Å²) in [5.41, 5.74) is 2.59. The van der Waals surface area contributed by atoms with Gasteiger partial charge in [0.05, 0.1) is 16.1 Å². The molecule has 2 aliphatic rings. The van der Waals surface area contributed by atoms with Gasteiger partial charge in [0.15, 0.2) is 0 Å². The van der Waals surface area contributed by atoms with Crippen LogP contribution in [0, 0.1) is 0 Å². The van der Waals surface area contributed by atoms with Crippen LogP contribution in [0.4, 0.5) is 5.69 Å². The van der Waals surface area contributed by atoms with Crippen molar-refractivity contribution in [3.05, 3.63) is 52.8 Å². The first-order chi connectivity index (χ1) is 15.4. The molecule has 0 bridgehead atoms. The second-order valence-corrected chi connectivity index (χ2v) is 10.9. The zero-order valence-corrected chi connectivity index (χ0v) is 19.2. The van der Waals surface area contributed by atoms with Gasteiger partial charge in [-0.1, -0.05) is 24.4 Å². The minimum Gasteiger partial charge on any atom is -0.342 e. The molecule has 1 saturated carbocycles. The summed E-state index contributed by atoms with van der Waals surface area (Å²) >= 11 is 6.23. The predicted octanol–water partition coefficient (Wildman–Crippen LogP) is 4.91. The fraction of sp³-hybridized carbons (Fsp3) is 0.391. The minimum absolute atomic E-state index is 0.0251. The topological polar surface area (TPSA) is 95.2 Å². The van der Waals surface area contributed by atoms with E-state index in [-0.39, 0.29) is 15.5 Å². The summed E-state index contributed by atoms with van der Waals surface area (Å²) in [6, 6.07) is 9.89. The Hall–Kier alpha value is -2.42. The maximum atomic E-state index is 13.1. The lowest BCUT2D eigenvalue weighted by Crippen LogP contribution is -2.35. The number of aromatic amines is 1. The van der Waals surface area contributed by atoms with Crippen LogP contribution in [0.15, 0.2) is 41.3 Å². The van der Waals surface area contributed by atoms with Gasteiger partial charge >= 0.3 is 0 Å². The van der Waals surface area contributed by atoms with Gasteiger partial charge in [-0.25, -0.2) is 13.4 Å². The zero-order chi connectivity index (χ0) is 22.3. The van der Waals surface area contributed by atoms with Gasteiger partial charge in [0.25, 0.3) is 5.91 Å². The molecule has 2 N–H and O–H groups in total. The lowest BCUT2D eigenvalue weighted by atomic mass is 9.85. The van der Waals surface area contributed by atoms with Crippen LogP contribution in [0.5, 0.6) is 0 Å². The van der Waals surface area contributed by atoms with Crippen molar-refractivity contribution >= 4 is 44.3 Å². The Morgan fingerprint density at radius 1 is 1.06 bits per heavy atom. The fourth-order valence-electron chi connectivity index (χ4n) is 4.27. The van der Waals surface area contributed by atoms with Gasteiger partial charge < -0.3 is 10.3 Å². The smallest absolute Gasteiger partial charge is 0.255 e. The fourth-order valence-corrected chi connectivity index (χ4v) is 6.29. The van der Waals surface area contributed by atoms with Gasteiger partial charge in [-0.15, -0.1) is 0 Å². The number of piperidine rings is 1. The molecule has 1 aliphatic heterocycles. The van der Waals surface area contributed by atoms with Crippen molar-refractivity contribution in [3.63, 3.8) is 0 Å². The molecular weight excluding hydrogens is 448 g/mol. The Morgan fingerprint density at radius 2 is 1.84 bits per heavy atom. The van der Waals surface area contributed by atoms with Crippen molar-refractivity contribution in [3.8, 4) is 0 Å². The summed E-state index contributed by atoms with van der Waals surface area (Å²) in [6.07, 6.45) is 6.22. The van der Waals surface area contributed by atoms with Crippen LogP contribution in [-0.2, 0) is 10.0 Å². The van der Waals surface area contributed by atoms with Crippen molar-refractivity contribution in [2.45, 2.75) is 49.3 Å². The van der Waals surface area contributed by atoms with E-state index in [2.05, 4.69) is 15.3 Å². The van der Waals surface area contributed by atoms with Crippen molar-refractivity contribution in [2.24, 2.45) is 0 Å². The van der Waals surface area contributed by atoms with E-state index in [1.807, 2.05) is 12.1 Å². The van der Waals surface area contributed by atoms with Crippen LogP contribution in [0.3, 0.4) is 0 Å².